The smallest absolute Gasteiger partial charge is 0.0924 e. The van der Waals surface area contributed by atoms with Crippen molar-refractivity contribution in [1.29, 1.82) is 0 Å². The molecule has 3 heteroatoms. The average molecular weight is 173 g/mol. The van der Waals surface area contributed by atoms with E-state index in [-0.39, 0.29) is 0 Å². The number of nitrogens with zero attached hydrogens (tertiary/aromatic N) is 2. The Labute approximate surface area is 76.8 Å². The molecule has 0 aromatic carbocycles. The third-order valence-electron chi connectivity index (χ3n) is 1.99. The molecule has 0 aliphatic heterocycles. The molecule has 0 unspecified atom stereocenters. The van der Waals surface area contributed by atoms with Crippen LogP contribution in [0.25, 0.3) is 11.3 Å². The first-order valence-corrected chi connectivity index (χ1v) is 4.35. The predicted molar refractivity (Wildman–Crippen MR) is 51.2 cm³/mol. The van der Waals surface area contributed by atoms with Gasteiger partial charge in [0.1, 0.15) is 0 Å². The Morgan fingerprint density at radius 1 is 1.31 bits per heavy atom. The van der Waals surface area contributed by atoms with Gasteiger partial charge in [0.15, 0.2) is 0 Å². The van der Waals surface area contributed by atoms with Crippen LogP contribution < -0.4 is 0 Å². The van der Waals surface area contributed by atoms with Gasteiger partial charge in [-0.05, 0) is 24.6 Å². The Balaban J connectivity index is 2.36. The van der Waals surface area contributed by atoms with E-state index in [0.717, 1.165) is 23.4 Å². The second-order valence-corrected chi connectivity index (χ2v) is 2.87. The molecule has 1 N–H and O–H groups in total. The summed E-state index contributed by atoms with van der Waals surface area (Å²) in [7, 11) is 0. The molecule has 0 fully saturated rings. The van der Waals surface area contributed by atoms with Crippen LogP contribution in [-0.2, 0) is 6.42 Å². The van der Waals surface area contributed by atoms with Crippen LogP contribution in [0.4, 0.5) is 0 Å². The fraction of sp³-hybridized carbons (Fsp3) is 0.200. The number of aromatic nitrogens is 3. The van der Waals surface area contributed by atoms with Gasteiger partial charge in [-0.2, -0.15) is 5.10 Å². The molecule has 0 aliphatic carbocycles. The average Bonchev–Trinajstić information content (AvgIpc) is 2.67. The lowest BCUT2D eigenvalue weighted by Gasteiger charge is -1.91. The van der Waals surface area contributed by atoms with Gasteiger partial charge in [-0.3, -0.25) is 10.1 Å². The Hall–Kier alpha value is -1.64. The second-order valence-electron chi connectivity index (χ2n) is 2.87. The number of aryl methyl sites for hydroxylation is 1. The number of pyridine rings is 1. The van der Waals surface area contributed by atoms with Gasteiger partial charge in [0.2, 0.25) is 0 Å². The Kier molecular flexibility index (Phi) is 2.08. The molecule has 0 bridgehead atoms. The molecular weight excluding hydrogens is 162 g/mol. The molecule has 13 heavy (non-hydrogen) atoms. The molecule has 2 aromatic rings. The Bertz CT molecular complexity index is 378. The van der Waals surface area contributed by atoms with E-state index in [4.69, 9.17) is 0 Å². The summed E-state index contributed by atoms with van der Waals surface area (Å²) >= 11 is 0. The number of aromatic amines is 1. The van der Waals surface area contributed by atoms with Crippen molar-refractivity contribution >= 4 is 0 Å². The van der Waals surface area contributed by atoms with Gasteiger partial charge in [0.05, 0.1) is 5.69 Å². The lowest BCUT2D eigenvalue weighted by molar-refractivity contribution is 0.976. The highest BCUT2D eigenvalue weighted by atomic mass is 15.1. The van der Waals surface area contributed by atoms with Crippen LogP contribution >= 0.6 is 0 Å². The minimum atomic E-state index is 0.984. The zero-order chi connectivity index (χ0) is 9.10. The SMILES string of the molecule is CCc1cc(-c2ccncc2)n[nH]1. The molecular formula is C10H11N3. The fourth-order valence-electron chi connectivity index (χ4n) is 1.21. The van der Waals surface area contributed by atoms with E-state index in [0.29, 0.717) is 0 Å². The highest BCUT2D eigenvalue weighted by molar-refractivity contribution is 5.58. The zero-order valence-electron chi connectivity index (χ0n) is 7.49. The molecule has 0 saturated carbocycles. The molecule has 0 aliphatic rings. The largest absolute Gasteiger partial charge is 0.282 e. The van der Waals surface area contributed by atoms with Crippen LogP contribution in [0.15, 0.2) is 30.6 Å². The third-order valence-corrected chi connectivity index (χ3v) is 1.99. The van der Waals surface area contributed by atoms with Gasteiger partial charge in [0.25, 0.3) is 0 Å². The maximum Gasteiger partial charge on any atom is 0.0924 e. The summed E-state index contributed by atoms with van der Waals surface area (Å²) < 4.78 is 0. The number of rotatable bonds is 2. The molecule has 0 amide bonds. The first-order chi connectivity index (χ1) is 6.40. The van der Waals surface area contributed by atoms with E-state index >= 15 is 0 Å². The first-order valence-electron chi connectivity index (χ1n) is 4.35. The highest BCUT2D eigenvalue weighted by Gasteiger charge is 2.00. The Morgan fingerprint density at radius 2 is 2.08 bits per heavy atom. The van der Waals surface area contributed by atoms with E-state index in [1.54, 1.807) is 12.4 Å². The summed E-state index contributed by atoms with van der Waals surface area (Å²) in [6.45, 7) is 2.10. The number of hydrogen-bond acceptors (Lipinski definition) is 2. The fourth-order valence-corrected chi connectivity index (χ4v) is 1.21. The summed E-state index contributed by atoms with van der Waals surface area (Å²) in [6.07, 6.45) is 4.53. The maximum absolute atomic E-state index is 4.20. The number of hydrogen-bond donors (Lipinski definition) is 1. The van der Waals surface area contributed by atoms with Gasteiger partial charge in [-0.1, -0.05) is 6.92 Å². The van der Waals surface area contributed by atoms with Crippen molar-refractivity contribution in [2.24, 2.45) is 0 Å². The van der Waals surface area contributed by atoms with Crippen molar-refractivity contribution in [2.45, 2.75) is 13.3 Å². The van der Waals surface area contributed by atoms with Gasteiger partial charge in [-0.25, -0.2) is 0 Å². The minimum absolute atomic E-state index is 0.984. The summed E-state index contributed by atoms with van der Waals surface area (Å²) in [5, 5.41) is 7.19. The van der Waals surface area contributed by atoms with Gasteiger partial charge >= 0.3 is 0 Å². The molecule has 0 spiro atoms. The summed E-state index contributed by atoms with van der Waals surface area (Å²) in [5.74, 6) is 0. The van der Waals surface area contributed by atoms with Crippen LogP contribution in [0.3, 0.4) is 0 Å². The van der Waals surface area contributed by atoms with E-state index in [1.165, 1.54) is 0 Å². The molecule has 66 valence electrons. The van der Waals surface area contributed by atoms with Crippen molar-refractivity contribution in [1.82, 2.24) is 15.2 Å². The van der Waals surface area contributed by atoms with Crippen molar-refractivity contribution in [3.8, 4) is 11.3 Å². The van der Waals surface area contributed by atoms with E-state index in [1.807, 2.05) is 12.1 Å². The quantitative estimate of drug-likeness (QED) is 0.755. The first kappa shape index (κ1) is 7.98. The Morgan fingerprint density at radius 3 is 2.69 bits per heavy atom. The summed E-state index contributed by atoms with van der Waals surface area (Å²) in [4.78, 5) is 3.96. The molecule has 0 radical (unpaired) electrons. The molecule has 3 nitrogen and oxygen atoms in total. The van der Waals surface area contributed by atoms with Crippen LogP contribution in [0.5, 0.6) is 0 Å². The van der Waals surface area contributed by atoms with E-state index in [2.05, 4.69) is 28.2 Å². The normalized spacial score (nSPS) is 10.2. The van der Waals surface area contributed by atoms with Crippen molar-refractivity contribution in [3.05, 3.63) is 36.3 Å². The second kappa shape index (κ2) is 3.39. The molecule has 2 rings (SSSR count). The molecule has 2 heterocycles. The summed E-state index contributed by atoms with van der Waals surface area (Å²) in [5.41, 5.74) is 3.25. The van der Waals surface area contributed by atoms with Crippen LogP contribution in [0.2, 0.25) is 0 Å². The van der Waals surface area contributed by atoms with Crippen LogP contribution in [-0.4, -0.2) is 15.2 Å². The molecule has 2 aromatic heterocycles. The van der Waals surface area contributed by atoms with Gasteiger partial charge in [0, 0.05) is 23.7 Å². The highest BCUT2D eigenvalue weighted by Crippen LogP contribution is 2.15. The predicted octanol–water partition coefficient (Wildman–Crippen LogP) is 2.03. The molecule has 0 saturated heterocycles. The van der Waals surface area contributed by atoms with Gasteiger partial charge < -0.3 is 0 Å². The number of H-pyrrole nitrogens is 1. The standard InChI is InChI=1S/C10H11N3/c1-2-9-7-10(13-12-9)8-3-5-11-6-4-8/h3-7H,2H2,1H3,(H,12,13). The maximum atomic E-state index is 4.20. The zero-order valence-corrected chi connectivity index (χ0v) is 7.49. The lowest BCUT2D eigenvalue weighted by Crippen LogP contribution is -1.77. The van der Waals surface area contributed by atoms with Crippen LogP contribution in [0, 0.1) is 0 Å². The van der Waals surface area contributed by atoms with E-state index < -0.39 is 0 Å². The van der Waals surface area contributed by atoms with E-state index in [9.17, 15) is 0 Å². The summed E-state index contributed by atoms with van der Waals surface area (Å²) in [6, 6.07) is 5.97. The minimum Gasteiger partial charge on any atom is -0.282 e. The van der Waals surface area contributed by atoms with Crippen LogP contribution in [0.1, 0.15) is 12.6 Å². The molecule has 0 atom stereocenters. The van der Waals surface area contributed by atoms with Gasteiger partial charge in [-0.15, -0.1) is 0 Å². The van der Waals surface area contributed by atoms with Crippen molar-refractivity contribution in [2.75, 3.05) is 0 Å². The topological polar surface area (TPSA) is 41.6 Å². The van der Waals surface area contributed by atoms with Crippen molar-refractivity contribution in [3.63, 3.8) is 0 Å². The monoisotopic (exact) mass is 173 g/mol. The van der Waals surface area contributed by atoms with Crippen molar-refractivity contribution < 1.29 is 0 Å². The lowest BCUT2D eigenvalue weighted by atomic mass is 10.2. The number of nitrogens with one attached hydrogen (secondary N) is 1. The third kappa shape index (κ3) is 1.59.